The highest BCUT2D eigenvalue weighted by molar-refractivity contribution is 7.10. The van der Waals surface area contributed by atoms with E-state index in [1.165, 1.54) is 4.88 Å². The Kier molecular flexibility index (Phi) is 4.10. The van der Waals surface area contributed by atoms with Crippen LogP contribution in [0.3, 0.4) is 0 Å². The Balaban J connectivity index is 1.88. The van der Waals surface area contributed by atoms with Crippen molar-refractivity contribution in [1.82, 2.24) is 4.90 Å². The Morgan fingerprint density at radius 2 is 2.30 bits per heavy atom. The molecule has 2 N–H and O–H groups in total. The van der Waals surface area contributed by atoms with Gasteiger partial charge in [0, 0.05) is 36.0 Å². The van der Waals surface area contributed by atoms with Crippen LogP contribution in [-0.4, -0.2) is 46.3 Å². The minimum absolute atomic E-state index is 0.116. The Hall–Kier alpha value is -0.910. The van der Waals surface area contributed by atoms with Gasteiger partial charge in [0.25, 0.3) is 0 Å². The van der Waals surface area contributed by atoms with Crippen molar-refractivity contribution in [2.24, 2.45) is 5.92 Å². The van der Waals surface area contributed by atoms with Gasteiger partial charge in [-0.1, -0.05) is 6.07 Å². The first-order valence-electron chi connectivity index (χ1n) is 7.35. The molecule has 1 aromatic rings. The normalized spacial score (nSPS) is 33.5. The van der Waals surface area contributed by atoms with E-state index in [1.54, 1.807) is 11.3 Å². The molecule has 5 heteroatoms. The molecule has 0 saturated carbocycles. The number of nitrogens with zero attached hydrogens (tertiary/aromatic N) is 1. The standard InChI is InChI=1S/C15H21NO3S/c17-7-2-6-16-10-4-5-12(16)14(11(9-10)15(18)19)13-3-1-8-20-13/h1,3,8,10-12,14,17H,2,4-7,9H2,(H,18,19)/t10-,11-,12+,14-/m0/s1. The Morgan fingerprint density at radius 1 is 1.45 bits per heavy atom. The molecule has 2 fully saturated rings. The maximum Gasteiger partial charge on any atom is 0.307 e. The van der Waals surface area contributed by atoms with Crippen LogP contribution in [0.1, 0.15) is 36.5 Å². The summed E-state index contributed by atoms with van der Waals surface area (Å²) in [5, 5.41) is 20.7. The third-order valence-electron chi connectivity index (χ3n) is 4.83. The number of aliphatic hydroxyl groups is 1. The molecule has 0 aliphatic carbocycles. The van der Waals surface area contributed by atoms with Crippen LogP contribution in [-0.2, 0) is 4.79 Å². The second-order valence-electron chi connectivity index (χ2n) is 5.84. The number of aliphatic carboxylic acids is 1. The summed E-state index contributed by atoms with van der Waals surface area (Å²) in [6.45, 7) is 1.10. The highest BCUT2D eigenvalue weighted by Crippen LogP contribution is 2.48. The quantitative estimate of drug-likeness (QED) is 0.874. The number of rotatable bonds is 5. The first kappa shape index (κ1) is 14.0. The van der Waals surface area contributed by atoms with Crippen molar-refractivity contribution in [3.05, 3.63) is 22.4 Å². The van der Waals surface area contributed by atoms with Crippen LogP contribution >= 0.6 is 11.3 Å². The summed E-state index contributed by atoms with van der Waals surface area (Å²) in [5.74, 6) is -0.788. The van der Waals surface area contributed by atoms with Crippen LogP contribution in [0.25, 0.3) is 0 Å². The largest absolute Gasteiger partial charge is 0.481 e. The van der Waals surface area contributed by atoms with Gasteiger partial charge in [-0.2, -0.15) is 0 Å². The third kappa shape index (κ3) is 2.38. The van der Waals surface area contributed by atoms with E-state index in [9.17, 15) is 9.90 Å². The summed E-state index contributed by atoms with van der Waals surface area (Å²) in [4.78, 5) is 15.3. The zero-order valence-corrected chi connectivity index (χ0v) is 12.3. The molecule has 0 aromatic carbocycles. The second kappa shape index (κ2) is 5.84. The predicted molar refractivity (Wildman–Crippen MR) is 78.0 cm³/mol. The van der Waals surface area contributed by atoms with Crippen molar-refractivity contribution in [2.75, 3.05) is 13.2 Å². The number of carboxylic acids is 1. The molecule has 2 aliphatic rings. The van der Waals surface area contributed by atoms with Crippen molar-refractivity contribution < 1.29 is 15.0 Å². The minimum atomic E-state index is -0.651. The third-order valence-corrected chi connectivity index (χ3v) is 5.80. The van der Waals surface area contributed by atoms with Crippen LogP contribution in [0.15, 0.2) is 17.5 Å². The fourth-order valence-electron chi connectivity index (χ4n) is 4.04. The van der Waals surface area contributed by atoms with E-state index in [4.69, 9.17) is 5.11 Å². The van der Waals surface area contributed by atoms with Crippen molar-refractivity contribution in [3.8, 4) is 0 Å². The van der Waals surface area contributed by atoms with Gasteiger partial charge in [-0.05, 0) is 37.1 Å². The molecule has 1 aromatic heterocycles. The van der Waals surface area contributed by atoms with E-state index >= 15 is 0 Å². The molecule has 2 saturated heterocycles. The van der Waals surface area contributed by atoms with Gasteiger partial charge in [0.1, 0.15) is 0 Å². The van der Waals surface area contributed by atoms with Gasteiger partial charge in [0.05, 0.1) is 5.92 Å². The van der Waals surface area contributed by atoms with E-state index < -0.39 is 5.97 Å². The molecule has 0 amide bonds. The Labute approximate surface area is 123 Å². The predicted octanol–water partition coefficient (Wildman–Crippen LogP) is 2.15. The Morgan fingerprint density at radius 3 is 2.95 bits per heavy atom. The molecule has 110 valence electrons. The molecule has 2 aliphatic heterocycles. The van der Waals surface area contributed by atoms with Gasteiger partial charge in [-0.25, -0.2) is 0 Å². The van der Waals surface area contributed by atoms with Crippen LogP contribution in [0.4, 0.5) is 0 Å². The summed E-state index contributed by atoms with van der Waals surface area (Å²) >= 11 is 1.67. The molecular formula is C15H21NO3S. The van der Waals surface area contributed by atoms with Gasteiger partial charge in [0.2, 0.25) is 0 Å². The number of hydrogen-bond acceptors (Lipinski definition) is 4. The van der Waals surface area contributed by atoms with Gasteiger partial charge in [0.15, 0.2) is 0 Å². The summed E-state index contributed by atoms with van der Waals surface area (Å²) in [6.07, 6.45) is 3.71. The monoisotopic (exact) mass is 295 g/mol. The fourth-order valence-corrected chi connectivity index (χ4v) is 4.99. The molecule has 4 nitrogen and oxygen atoms in total. The molecular weight excluding hydrogens is 274 g/mol. The van der Waals surface area contributed by atoms with Crippen LogP contribution in [0, 0.1) is 5.92 Å². The lowest BCUT2D eigenvalue weighted by atomic mass is 9.79. The van der Waals surface area contributed by atoms with E-state index in [0.29, 0.717) is 12.1 Å². The van der Waals surface area contributed by atoms with Crippen molar-refractivity contribution in [1.29, 1.82) is 0 Å². The molecule has 3 heterocycles. The topological polar surface area (TPSA) is 60.8 Å². The molecule has 0 spiro atoms. The fraction of sp³-hybridized carbons (Fsp3) is 0.667. The molecule has 4 atom stereocenters. The van der Waals surface area contributed by atoms with Crippen molar-refractivity contribution >= 4 is 17.3 Å². The van der Waals surface area contributed by atoms with E-state index in [2.05, 4.69) is 11.0 Å². The van der Waals surface area contributed by atoms with E-state index in [1.807, 2.05) is 11.4 Å². The zero-order valence-electron chi connectivity index (χ0n) is 11.4. The minimum Gasteiger partial charge on any atom is -0.481 e. The van der Waals surface area contributed by atoms with Crippen LogP contribution in [0.5, 0.6) is 0 Å². The smallest absolute Gasteiger partial charge is 0.307 e. The summed E-state index contributed by atoms with van der Waals surface area (Å²) in [7, 11) is 0. The number of thiophene rings is 1. The Bertz CT molecular complexity index is 462. The number of carbonyl (C=O) groups is 1. The SMILES string of the molecule is O=C(O)[C@H]1C[C@@H]2CC[C@H]([C@H]1c1cccs1)N2CCCO. The highest BCUT2D eigenvalue weighted by Gasteiger charge is 2.50. The summed E-state index contributed by atoms with van der Waals surface area (Å²) < 4.78 is 0. The van der Waals surface area contributed by atoms with Crippen LogP contribution < -0.4 is 0 Å². The summed E-state index contributed by atoms with van der Waals surface area (Å²) in [5.41, 5.74) is 0. The lowest BCUT2D eigenvalue weighted by molar-refractivity contribution is -0.145. The van der Waals surface area contributed by atoms with Crippen molar-refractivity contribution in [3.63, 3.8) is 0 Å². The van der Waals surface area contributed by atoms with Gasteiger partial charge in [-0.15, -0.1) is 11.3 Å². The lowest BCUT2D eigenvalue weighted by Gasteiger charge is -2.43. The van der Waals surface area contributed by atoms with Gasteiger partial charge < -0.3 is 10.2 Å². The number of carboxylic acid groups (broad SMARTS) is 1. The maximum absolute atomic E-state index is 11.6. The lowest BCUT2D eigenvalue weighted by Crippen LogP contribution is -2.49. The molecule has 0 unspecified atom stereocenters. The highest BCUT2D eigenvalue weighted by atomic mass is 32.1. The number of aliphatic hydroxyl groups excluding tert-OH is 1. The molecule has 3 rings (SSSR count). The number of hydrogen-bond donors (Lipinski definition) is 2. The van der Waals surface area contributed by atoms with Gasteiger partial charge in [-0.3, -0.25) is 9.69 Å². The number of piperidine rings is 1. The molecule has 0 radical (unpaired) electrons. The average Bonchev–Trinajstić information content (AvgIpc) is 3.04. The zero-order chi connectivity index (χ0) is 14.1. The molecule has 2 bridgehead atoms. The van der Waals surface area contributed by atoms with E-state index in [-0.39, 0.29) is 18.4 Å². The van der Waals surface area contributed by atoms with Crippen molar-refractivity contribution in [2.45, 2.75) is 43.7 Å². The van der Waals surface area contributed by atoms with E-state index in [0.717, 1.165) is 32.2 Å². The second-order valence-corrected chi connectivity index (χ2v) is 6.81. The van der Waals surface area contributed by atoms with Crippen LogP contribution in [0.2, 0.25) is 0 Å². The summed E-state index contributed by atoms with van der Waals surface area (Å²) in [6, 6.07) is 4.82. The average molecular weight is 295 g/mol. The molecule has 20 heavy (non-hydrogen) atoms. The first-order chi connectivity index (χ1) is 9.72. The maximum atomic E-state index is 11.6. The number of fused-ring (bicyclic) bond motifs is 2. The first-order valence-corrected chi connectivity index (χ1v) is 8.23. The van der Waals surface area contributed by atoms with Gasteiger partial charge >= 0.3 is 5.97 Å².